The van der Waals surface area contributed by atoms with E-state index in [9.17, 15) is 14.4 Å². The summed E-state index contributed by atoms with van der Waals surface area (Å²) in [5, 5.41) is 0. The normalized spacial score (nSPS) is 12.8. The minimum absolute atomic E-state index is 0.0967. The number of hydrogen-bond donors (Lipinski definition) is 0. The van der Waals surface area contributed by atoms with Gasteiger partial charge in [0.2, 0.25) is 0 Å². The Morgan fingerprint density at radius 3 is 0.930 bits per heavy atom. The number of ether oxygens (including phenoxy) is 3. The van der Waals surface area contributed by atoms with E-state index in [2.05, 4.69) is 106 Å². The molecule has 0 aromatic heterocycles. The number of hydrogen-bond acceptors (Lipinski definition) is 6. The third-order valence-electron chi connectivity index (χ3n) is 12.6. The Morgan fingerprint density at radius 2 is 0.592 bits per heavy atom. The fourth-order valence-electron chi connectivity index (χ4n) is 8.17. The minimum atomic E-state index is -0.831. The highest BCUT2D eigenvalue weighted by Crippen LogP contribution is 2.15. The van der Waals surface area contributed by atoms with Gasteiger partial charge in [0, 0.05) is 12.8 Å². The smallest absolute Gasteiger partial charge is 0.310 e. The molecule has 0 radical (unpaired) electrons. The average molecular weight is 988 g/mol. The quantitative estimate of drug-likeness (QED) is 0.0261. The molecule has 0 aromatic rings. The summed E-state index contributed by atoms with van der Waals surface area (Å²) < 4.78 is 16.7. The van der Waals surface area contributed by atoms with Crippen molar-refractivity contribution in [2.24, 2.45) is 0 Å². The van der Waals surface area contributed by atoms with Crippen molar-refractivity contribution in [1.82, 2.24) is 0 Å². The van der Waals surface area contributed by atoms with Gasteiger partial charge in [-0.15, -0.1) is 0 Å². The molecular formula is C65H110O6. The first-order chi connectivity index (χ1) is 35.0. The summed E-state index contributed by atoms with van der Waals surface area (Å²) in [5.74, 6) is -1.04. The first-order valence-corrected chi connectivity index (χ1v) is 29.7. The van der Waals surface area contributed by atoms with Crippen LogP contribution in [0.4, 0.5) is 0 Å². The summed E-state index contributed by atoms with van der Waals surface area (Å²) in [4.78, 5) is 38.0. The van der Waals surface area contributed by atoms with Crippen LogP contribution in [-0.2, 0) is 28.6 Å². The van der Waals surface area contributed by atoms with Crippen LogP contribution in [0.15, 0.2) is 97.2 Å². The molecule has 0 aliphatic heterocycles. The fraction of sp³-hybridized carbons (Fsp3) is 0.708. The van der Waals surface area contributed by atoms with Gasteiger partial charge in [-0.1, -0.05) is 272 Å². The maximum Gasteiger partial charge on any atom is 0.310 e. The van der Waals surface area contributed by atoms with Crippen molar-refractivity contribution in [2.45, 2.75) is 284 Å². The molecule has 0 heterocycles. The highest BCUT2D eigenvalue weighted by Gasteiger charge is 2.19. The average Bonchev–Trinajstić information content (AvgIpc) is 3.37. The predicted molar refractivity (Wildman–Crippen MR) is 307 cm³/mol. The van der Waals surface area contributed by atoms with Crippen molar-refractivity contribution in [3.8, 4) is 0 Å². The summed E-state index contributed by atoms with van der Waals surface area (Å²) in [5.41, 5.74) is 0. The van der Waals surface area contributed by atoms with Crippen molar-refractivity contribution >= 4 is 17.9 Å². The molecule has 0 amide bonds. The van der Waals surface area contributed by atoms with Crippen molar-refractivity contribution in [3.05, 3.63) is 97.2 Å². The molecule has 0 bridgehead atoms. The van der Waals surface area contributed by atoms with Crippen LogP contribution in [0, 0.1) is 0 Å². The molecule has 1 atom stereocenters. The van der Waals surface area contributed by atoms with Gasteiger partial charge in [-0.25, -0.2) is 0 Å². The van der Waals surface area contributed by atoms with Crippen LogP contribution in [0.2, 0.25) is 0 Å². The van der Waals surface area contributed by atoms with Gasteiger partial charge in [-0.2, -0.15) is 0 Å². The van der Waals surface area contributed by atoms with Gasteiger partial charge in [-0.05, 0) is 83.5 Å². The Hall–Kier alpha value is -3.67. The molecule has 0 saturated heterocycles. The van der Waals surface area contributed by atoms with E-state index in [1.54, 1.807) is 6.08 Å². The van der Waals surface area contributed by atoms with E-state index < -0.39 is 12.1 Å². The second-order valence-corrected chi connectivity index (χ2v) is 19.5. The van der Waals surface area contributed by atoms with Gasteiger partial charge >= 0.3 is 17.9 Å². The fourth-order valence-corrected chi connectivity index (χ4v) is 8.17. The van der Waals surface area contributed by atoms with Crippen LogP contribution in [0.25, 0.3) is 0 Å². The van der Waals surface area contributed by atoms with E-state index in [1.165, 1.54) is 154 Å². The van der Waals surface area contributed by atoms with E-state index in [0.29, 0.717) is 12.8 Å². The summed E-state index contributed by atoms with van der Waals surface area (Å²) in [6.45, 7) is 6.43. The summed E-state index contributed by atoms with van der Waals surface area (Å²) >= 11 is 0. The van der Waals surface area contributed by atoms with Gasteiger partial charge in [0.25, 0.3) is 0 Å². The lowest BCUT2D eigenvalue weighted by molar-refractivity contribution is -0.166. The van der Waals surface area contributed by atoms with E-state index in [1.807, 2.05) is 6.08 Å². The van der Waals surface area contributed by atoms with Gasteiger partial charge in [0.1, 0.15) is 13.2 Å². The maximum atomic E-state index is 12.8. The molecule has 6 heteroatoms. The Balaban J connectivity index is 4.31. The first-order valence-electron chi connectivity index (χ1n) is 29.7. The van der Waals surface area contributed by atoms with Crippen LogP contribution >= 0.6 is 0 Å². The van der Waals surface area contributed by atoms with Crippen molar-refractivity contribution in [2.75, 3.05) is 13.2 Å². The zero-order chi connectivity index (χ0) is 51.4. The molecule has 1 unspecified atom stereocenters. The summed E-state index contributed by atoms with van der Waals surface area (Å²) in [7, 11) is 0. The lowest BCUT2D eigenvalue weighted by atomic mass is 10.0. The highest BCUT2D eigenvalue weighted by molar-refractivity contribution is 5.72. The lowest BCUT2D eigenvalue weighted by Gasteiger charge is -2.18. The second kappa shape index (κ2) is 58.9. The van der Waals surface area contributed by atoms with E-state index in [0.717, 1.165) is 83.5 Å². The van der Waals surface area contributed by atoms with E-state index >= 15 is 0 Å². The largest absolute Gasteiger partial charge is 0.462 e. The third kappa shape index (κ3) is 57.1. The maximum absolute atomic E-state index is 12.8. The molecular weight excluding hydrogens is 877 g/mol. The topological polar surface area (TPSA) is 78.9 Å². The van der Waals surface area contributed by atoms with E-state index in [-0.39, 0.29) is 31.6 Å². The Labute approximate surface area is 438 Å². The molecule has 0 aromatic carbocycles. The minimum Gasteiger partial charge on any atom is -0.462 e. The monoisotopic (exact) mass is 987 g/mol. The van der Waals surface area contributed by atoms with Crippen molar-refractivity contribution in [3.63, 3.8) is 0 Å². The zero-order valence-corrected chi connectivity index (χ0v) is 46.5. The molecule has 6 nitrogen and oxygen atoms in total. The Morgan fingerprint density at radius 1 is 0.310 bits per heavy atom. The Kier molecular flexibility index (Phi) is 55.9. The zero-order valence-electron chi connectivity index (χ0n) is 46.5. The van der Waals surface area contributed by atoms with Crippen molar-refractivity contribution in [1.29, 1.82) is 0 Å². The second-order valence-electron chi connectivity index (χ2n) is 19.5. The SMILES string of the molecule is CC/C=C\C/C=C\C/C=C\C/C=C\C/C=C\CC(=O)OC(COC(=O)CCCCCCCCCCCCC)COC(=O)CCCCCCCCCCCCCC/C=C\C/C=C\C/C=C\CCCCCCC. The first kappa shape index (κ1) is 67.3. The van der Waals surface area contributed by atoms with Crippen LogP contribution < -0.4 is 0 Å². The van der Waals surface area contributed by atoms with Gasteiger partial charge < -0.3 is 14.2 Å². The van der Waals surface area contributed by atoms with Gasteiger partial charge in [-0.3, -0.25) is 14.4 Å². The van der Waals surface area contributed by atoms with E-state index in [4.69, 9.17) is 14.2 Å². The number of allylic oxidation sites excluding steroid dienone is 15. The lowest BCUT2D eigenvalue weighted by Crippen LogP contribution is -2.30. The van der Waals surface area contributed by atoms with Gasteiger partial charge in [0.15, 0.2) is 6.10 Å². The number of unbranched alkanes of at least 4 members (excludes halogenated alkanes) is 27. The van der Waals surface area contributed by atoms with Crippen LogP contribution in [0.1, 0.15) is 278 Å². The summed E-state index contributed by atoms with van der Waals surface area (Å²) in [6.07, 6.45) is 78.7. The summed E-state index contributed by atoms with van der Waals surface area (Å²) in [6, 6.07) is 0. The molecule has 71 heavy (non-hydrogen) atoms. The molecule has 0 fully saturated rings. The molecule has 0 N–H and O–H groups in total. The number of carbonyl (C=O) groups is 3. The number of carbonyl (C=O) groups excluding carboxylic acids is 3. The molecule has 0 aliphatic carbocycles. The molecule has 406 valence electrons. The van der Waals surface area contributed by atoms with Crippen LogP contribution in [-0.4, -0.2) is 37.2 Å². The molecule has 0 rings (SSSR count). The third-order valence-corrected chi connectivity index (χ3v) is 12.6. The number of esters is 3. The number of rotatable bonds is 53. The highest BCUT2D eigenvalue weighted by atomic mass is 16.6. The predicted octanol–water partition coefficient (Wildman–Crippen LogP) is 20.1. The molecule has 0 saturated carbocycles. The van der Waals surface area contributed by atoms with Crippen LogP contribution in [0.5, 0.6) is 0 Å². The van der Waals surface area contributed by atoms with Crippen molar-refractivity contribution < 1.29 is 28.6 Å². The standard InChI is InChI=1S/C65H110O6/c1-4-7-10-13-16-19-22-24-26-27-28-29-30-31-32-33-34-35-36-37-39-40-43-46-49-52-55-58-64(67)70-61-62(60-69-63(66)57-54-51-48-45-42-21-18-15-12-9-6-3)71-65(68)59-56-53-50-47-44-41-38-25-23-20-17-14-11-8-5-2/h8,11,17,20,22,24-25,27-28,30-31,38,44,47,53,56,62H,4-7,9-10,12-16,18-19,21,23,26,29,32-37,39-43,45-46,48-52,54-55,57-61H2,1-3H3/b11-8-,20-17-,24-22-,28-27-,31-30-,38-25-,47-44-,56-53-. The molecule has 0 aliphatic rings. The van der Waals surface area contributed by atoms with Gasteiger partial charge in [0.05, 0.1) is 6.42 Å². The Bertz CT molecular complexity index is 1410. The molecule has 0 spiro atoms. The van der Waals surface area contributed by atoms with Crippen LogP contribution in [0.3, 0.4) is 0 Å².